The third-order valence-corrected chi connectivity index (χ3v) is 5.03. The number of oxazole rings is 1. The molecule has 5 heteroatoms. The Morgan fingerprint density at radius 3 is 2.53 bits per heavy atom. The minimum Gasteiger partial charge on any atom is -0.484 e. The van der Waals surface area contributed by atoms with Crippen molar-refractivity contribution in [2.75, 3.05) is 11.9 Å². The summed E-state index contributed by atoms with van der Waals surface area (Å²) in [7, 11) is 0. The van der Waals surface area contributed by atoms with E-state index in [1.807, 2.05) is 81.4 Å². The largest absolute Gasteiger partial charge is 0.484 e. The van der Waals surface area contributed by atoms with Gasteiger partial charge in [-0.15, -0.1) is 0 Å². The fourth-order valence-corrected chi connectivity index (χ4v) is 3.19. The molecule has 1 aromatic heterocycles. The lowest BCUT2D eigenvalue weighted by atomic mass is 10.1. The van der Waals surface area contributed by atoms with Gasteiger partial charge >= 0.3 is 0 Å². The van der Waals surface area contributed by atoms with Gasteiger partial charge in [0, 0.05) is 12.1 Å². The van der Waals surface area contributed by atoms with Crippen molar-refractivity contribution in [2.24, 2.45) is 0 Å². The summed E-state index contributed by atoms with van der Waals surface area (Å²) in [5.74, 6) is 1.17. The highest BCUT2D eigenvalue weighted by Crippen LogP contribution is 2.20. The number of hydrogen-bond acceptors (Lipinski definition) is 4. The van der Waals surface area contributed by atoms with E-state index in [0.29, 0.717) is 18.1 Å². The van der Waals surface area contributed by atoms with Gasteiger partial charge in [0.15, 0.2) is 18.1 Å². The molecule has 3 aromatic carbocycles. The van der Waals surface area contributed by atoms with E-state index in [0.717, 1.165) is 33.5 Å². The van der Waals surface area contributed by atoms with E-state index in [9.17, 15) is 4.79 Å². The van der Waals surface area contributed by atoms with Crippen LogP contribution in [0.15, 0.2) is 65.1 Å². The first-order chi connectivity index (χ1) is 14.5. The smallest absolute Gasteiger partial charge is 0.262 e. The lowest BCUT2D eigenvalue weighted by Crippen LogP contribution is -2.20. The van der Waals surface area contributed by atoms with Gasteiger partial charge in [-0.25, -0.2) is 4.98 Å². The molecule has 0 aliphatic heterocycles. The number of nitrogens with one attached hydrogen (secondary N) is 1. The number of nitrogens with zero attached hydrogens (tertiary/aromatic N) is 1. The van der Waals surface area contributed by atoms with E-state index in [2.05, 4.69) is 10.3 Å². The van der Waals surface area contributed by atoms with Crippen LogP contribution in [0.4, 0.5) is 5.69 Å². The highest BCUT2D eigenvalue weighted by molar-refractivity contribution is 5.91. The Morgan fingerprint density at radius 2 is 1.77 bits per heavy atom. The molecule has 0 spiro atoms. The van der Waals surface area contributed by atoms with Gasteiger partial charge in [0.2, 0.25) is 0 Å². The van der Waals surface area contributed by atoms with Crippen LogP contribution >= 0.6 is 0 Å². The van der Waals surface area contributed by atoms with Crippen LogP contribution in [-0.4, -0.2) is 17.5 Å². The van der Waals surface area contributed by atoms with Crippen LogP contribution in [0, 0.1) is 20.8 Å². The minimum atomic E-state index is -0.199. The second-order valence-corrected chi connectivity index (χ2v) is 7.54. The van der Waals surface area contributed by atoms with Gasteiger partial charge in [-0.3, -0.25) is 4.79 Å². The van der Waals surface area contributed by atoms with Crippen LogP contribution in [-0.2, 0) is 11.2 Å². The lowest BCUT2D eigenvalue weighted by Gasteiger charge is -2.09. The van der Waals surface area contributed by atoms with Crippen molar-refractivity contribution >= 4 is 22.7 Å². The van der Waals surface area contributed by atoms with Crippen molar-refractivity contribution in [2.45, 2.75) is 27.2 Å². The van der Waals surface area contributed by atoms with Gasteiger partial charge in [-0.05, 0) is 79.4 Å². The Morgan fingerprint density at radius 1 is 0.967 bits per heavy atom. The number of anilines is 1. The SMILES string of the molecule is Cc1ccc2oc(Cc3ccc(NC(=O)COc4ccc(C)c(C)c4)cc3)nc2c1. The summed E-state index contributed by atoms with van der Waals surface area (Å²) in [4.78, 5) is 16.7. The predicted octanol–water partition coefficient (Wildman–Crippen LogP) is 5.36. The van der Waals surface area contributed by atoms with Gasteiger partial charge < -0.3 is 14.5 Å². The zero-order valence-corrected chi connectivity index (χ0v) is 17.4. The average molecular weight is 400 g/mol. The number of carbonyl (C=O) groups excluding carboxylic acids is 1. The van der Waals surface area contributed by atoms with Crippen LogP contribution in [0.3, 0.4) is 0 Å². The molecular formula is C25H24N2O3. The Kier molecular flexibility index (Phi) is 5.53. The molecule has 1 amide bonds. The monoisotopic (exact) mass is 400 g/mol. The second kappa shape index (κ2) is 8.41. The molecule has 0 aliphatic rings. The fourth-order valence-electron chi connectivity index (χ4n) is 3.19. The molecule has 30 heavy (non-hydrogen) atoms. The molecule has 0 aliphatic carbocycles. The van der Waals surface area contributed by atoms with Gasteiger partial charge in [0.1, 0.15) is 11.3 Å². The van der Waals surface area contributed by atoms with Gasteiger partial charge in [0.25, 0.3) is 5.91 Å². The number of hydrogen-bond donors (Lipinski definition) is 1. The molecule has 0 atom stereocenters. The number of rotatable bonds is 6. The highest BCUT2D eigenvalue weighted by Gasteiger charge is 2.08. The molecule has 0 saturated heterocycles. The van der Waals surface area contributed by atoms with Crippen molar-refractivity contribution in [3.8, 4) is 5.75 Å². The van der Waals surface area contributed by atoms with E-state index in [4.69, 9.17) is 9.15 Å². The minimum absolute atomic E-state index is 0.0351. The Bertz CT molecular complexity index is 1190. The van der Waals surface area contributed by atoms with Crippen molar-refractivity contribution in [3.63, 3.8) is 0 Å². The first kappa shape index (κ1) is 19.7. The maximum Gasteiger partial charge on any atom is 0.262 e. The van der Waals surface area contributed by atoms with Crippen LogP contribution in [0.1, 0.15) is 28.1 Å². The Labute approximate surface area is 175 Å². The number of amides is 1. The summed E-state index contributed by atoms with van der Waals surface area (Å²) >= 11 is 0. The normalized spacial score (nSPS) is 10.9. The lowest BCUT2D eigenvalue weighted by molar-refractivity contribution is -0.118. The highest BCUT2D eigenvalue weighted by atomic mass is 16.5. The number of aryl methyl sites for hydroxylation is 3. The van der Waals surface area contributed by atoms with Crippen molar-refractivity contribution in [1.82, 2.24) is 4.98 Å². The molecule has 0 saturated carbocycles. The summed E-state index contributed by atoms with van der Waals surface area (Å²) in [6.45, 7) is 6.06. The molecular weight excluding hydrogens is 376 g/mol. The van der Waals surface area contributed by atoms with Crippen molar-refractivity contribution < 1.29 is 13.9 Å². The van der Waals surface area contributed by atoms with E-state index in [1.54, 1.807) is 0 Å². The molecule has 0 bridgehead atoms. The first-order valence-electron chi connectivity index (χ1n) is 9.91. The number of aromatic nitrogens is 1. The number of ether oxygens (including phenoxy) is 1. The molecule has 4 aromatic rings. The maximum absolute atomic E-state index is 12.2. The predicted molar refractivity (Wildman–Crippen MR) is 118 cm³/mol. The van der Waals surface area contributed by atoms with E-state index in [1.165, 1.54) is 5.56 Å². The topological polar surface area (TPSA) is 64.4 Å². The summed E-state index contributed by atoms with van der Waals surface area (Å²) in [6, 6.07) is 19.4. The maximum atomic E-state index is 12.2. The van der Waals surface area contributed by atoms with Crippen LogP contribution < -0.4 is 10.1 Å². The van der Waals surface area contributed by atoms with Crippen LogP contribution in [0.5, 0.6) is 5.75 Å². The molecule has 0 radical (unpaired) electrons. The molecule has 4 rings (SSSR count). The van der Waals surface area contributed by atoms with Crippen molar-refractivity contribution in [3.05, 3.63) is 88.8 Å². The fraction of sp³-hybridized carbons (Fsp3) is 0.200. The van der Waals surface area contributed by atoms with Crippen molar-refractivity contribution in [1.29, 1.82) is 0 Å². The number of fused-ring (bicyclic) bond motifs is 1. The second-order valence-electron chi connectivity index (χ2n) is 7.54. The molecule has 5 nitrogen and oxygen atoms in total. The van der Waals surface area contributed by atoms with Gasteiger partial charge in [-0.2, -0.15) is 0 Å². The Balaban J connectivity index is 1.33. The summed E-state index contributed by atoms with van der Waals surface area (Å²) < 4.78 is 11.4. The third kappa shape index (κ3) is 4.69. The van der Waals surface area contributed by atoms with E-state index < -0.39 is 0 Å². The van der Waals surface area contributed by atoms with E-state index >= 15 is 0 Å². The van der Waals surface area contributed by atoms with Gasteiger partial charge in [0.05, 0.1) is 0 Å². The van der Waals surface area contributed by atoms with Crippen LogP contribution in [0.2, 0.25) is 0 Å². The molecule has 152 valence electrons. The van der Waals surface area contributed by atoms with Crippen LogP contribution in [0.25, 0.3) is 11.1 Å². The zero-order chi connectivity index (χ0) is 21.1. The number of benzene rings is 3. The summed E-state index contributed by atoms with van der Waals surface area (Å²) in [5.41, 5.74) is 6.94. The summed E-state index contributed by atoms with van der Waals surface area (Å²) in [5, 5.41) is 2.85. The Hall–Kier alpha value is -3.60. The van der Waals surface area contributed by atoms with E-state index in [-0.39, 0.29) is 12.5 Å². The first-order valence-corrected chi connectivity index (χ1v) is 9.91. The quantitative estimate of drug-likeness (QED) is 0.473. The third-order valence-electron chi connectivity index (χ3n) is 5.03. The molecule has 0 unspecified atom stereocenters. The zero-order valence-electron chi connectivity index (χ0n) is 17.4. The number of carbonyl (C=O) groups is 1. The standard InChI is InChI=1S/C25H24N2O3/c1-16-4-11-23-22(12-16)27-25(30-23)14-19-6-8-20(9-7-19)26-24(28)15-29-21-10-5-17(2)18(3)13-21/h4-13H,14-15H2,1-3H3,(H,26,28). The molecule has 0 fully saturated rings. The summed E-state index contributed by atoms with van der Waals surface area (Å²) in [6.07, 6.45) is 0.595. The average Bonchev–Trinajstić information content (AvgIpc) is 3.11. The molecule has 1 N–H and O–H groups in total. The van der Waals surface area contributed by atoms with Gasteiger partial charge in [-0.1, -0.05) is 24.3 Å². The molecule has 1 heterocycles.